The molecule has 110 valence electrons. The Morgan fingerprint density at radius 2 is 1.68 bits per heavy atom. The van der Waals surface area contributed by atoms with Crippen molar-refractivity contribution in [3.63, 3.8) is 0 Å². The number of primary amides is 1. The van der Waals surface area contributed by atoms with Crippen molar-refractivity contribution in [3.05, 3.63) is 65.7 Å². The standard InChI is InChI=1S/C17H15N3O2/c18-16(21)14-10-8-13(9-11-14)5-4-12-19-17(22)20-15-6-2-1-3-7-15/h1-3,6-11H,12H2,(H2,18,21)(H2,19,20,22). The van der Waals surface area contributed by atoms with Crippen molar-refractivity contribution in [2.24, 2.45) is 5.73 Å². The quantitative estimate of drug-likeness (QED) is 0.756. The molecule has 5 heteroatoms. The number of hydrogen-bond donors (Lipinski definition) is 3. The number of benzene rings is 2. The minimum absolute atomic E-state index is 0.218. The molecular formula is C17H15N3O2. The van der Waals surface area contributed by atoms with Gasteiger partial charge in [-0.1, -0.05) is 30.0 Å². The molecule has 0 saturated carbocycles. The van der Waals surface area contributed by atoms with Crippen LogP contribution in [0.1, 0.15) is 15.9 Å². The van der Waals surface area contributed by atoms with Crippen molar-refractivity contribution in [3.8, 4) is 11.8 Å². The number of urea groups is 1. The van der Waals surface area contributed by atoms with E-state index in [2.05, 4.69) is 22.5 Å². The Labute approximate surface area is 128 Å². The summed E-state index contributed by atoms with van der Waals surface area (Å²) in [5, 5.41) is 5.32. The second-order valence-electron chi connectivity index (χ2n) is 4.42. The minimum Gasteiger partial charge on any atom is -0.366 e. The monoisotopic (exact) mass is 293 g/mol. The number of amides is 3. The molecule has 2 aromatic carbocycles. The van der Waals surface area contributed by atoms with E-state index in [0.29, 0.717) is 5.56 Å². The summed E-state index contributed by atoms with van der Waals surface area (Å²) >= 11 is 0. The van der Waals surface area contributed by atoms with Gasteiger partial charge in [-0.25, -0.2) is 4.79 Å². The third-order valence-corrected chi connectivity index (χ3v) is 2.77. The third kappa shape index (κ3) is 4.69. The molecule has 0 unspecified atom stereocenters. The van der Waals surface area contributed by atoms with E-state index in [1.54, 1.807) is 36.4 Å². The first-order valence-electron chi connectivity index (χ1n) is 6.64. The molecular weight excluding hydrogens is 278 g/mol. The molecule has 3 amide bonds. The summed E-state index contributed by atoms with van der Waals surface area (Å²) in [5.74, 6) is 5.24. The van der Waals surface area contributed by atoms with E-state index in [9.17, 15) is 9.59 Å². The zero-order valence-electron chi connectivity index (χ0n) is 11.8. The summed E-state index contributed by atoms with van der Waals surface area (Å²) < 4.78 is 0. The van der Waals surface area contributed by atoms with Crippen molar-refractivity contribution < 1.29 is 9.59 Å². The fourth-order valence-electron chi connectivity index (χ4n) is 1.69. The van der Waals surface area contributed by atoms with Crippen LogP contribution < -0.4 is 16.4 Å². The second-order valence-corrected chi connectivity index (χ2v) is 4.42. The molecule has 0 aliphatic carbocycles. The molecule has 2 rings (SSSR count). The van der Waals surface area contributed by atoms with Crippen LogP contribution in [0.2, 0.25) is 0 Å². The topological polar surface area (TPSA) is 84.2 Å². The largest absolute Gasteiger partial charge is 0.366 e. The second kappa shape index (κ2) is 7.50. The lowest BCUT2D eigenvalue weighted by Crippen LogP contribution is -2.28. The van der Waals surface area contributed by atoms with Gasteiger partial charge in [0.05, 0.1) is 6.54 Å². The zero-order valence-corrected chi connectivity index (χ0v) is 11.8. The lowest BCUT2D eigenvalue weighted by Gasteiger charge is -2.04. The van der Waals surface area contributed by atoms with Gasteiger partial charge in [-0.15, -0.1) is 0 Å². The first-order chi connectivity index (χ1) is 10.6. The van der Waals surface area contributed by atoms with Crippen LogP contribution in [0.3, 0.4) is 0 Å². The molecule has 0 aliphatic rings. The minimum atomic E-state index is -0.473. The van der Waals surface area contributed by atoms with Crippen LogP contribution >= 0.6 is 0 Å². The van der Waals surface area contributed by atoms with Crippen LogP contribution in [0.15, 0.2) is 54.6 Å². The molecule has 0 spiro atoms. The summed E-state index contributed by atoms with van der Waals surface area (Å²) in [5.41, 5.74) is 7.05. The van der Waals surface area contributed by atoms with E-state index in [1.165, 1.54) is 0 Å². The van der Waals surface area contributed by atoms with E-state index in [4.69, 9.17) is 5.73 Å². The van der Waals surface area contributed by atoms with E-state index < -0.39 is 5.91 Å². The molecule has 5 nitrogen and oxygen atoms in total. The Kier molecular flexibility index (Phi) is 5.16. The number of carbonyl (C=O) groups excluding carboxylic acids is 2. The van der Waals surface area contributed by atoms with E-state index >= 15 is 0 Å². The smallest absolute Gasteiger partial charge is 0.319 e. The molecule has 0 fully saturated rings. The maximum absolute atomic E-state index is 11.6. The highest BCUT2D eigenvalue weighted by molar-refractivity contribution is 5.92. The summed E-state index contributed by atoms with van der Waals surface area (Å²) in [4.78, 5) is 22.5. The number of rotatable bonds is 3. The van der Waals surface area contributed by atoms with Gasteiger partial charge in [-0.05, 0) is 36.4 Å². The van der Waals surface area contributed by atoms with Gasteiger partial charge >= 0.3 is 6.03 Å². The van der Waals surface area contributed by atoms with Crippen molar-refractivity contribution in [1.29, 1.82) is 0 Å². The number of para-hydroxylation sites is 1. The van der Waals surface area contributed by atoms with Crippen molar-refractivity contribution >= 4 is 17.6 Å². The molecule has 0 heterocycles. The molecule has 0 atom stereocenters. The molecule has 4 N–H and O–H groups in total. The van der Waals surface area contributed by atoms with Crippen LogP contribution in [0, 0.1) is 11.8 Å². The Hall–Kier alpha value is -3.26. The fourth-order valence-corrected chi connectivity index (χ4v) is 1.69. The van der Waals surface area contributed by atoms with Gasteiger partial charge in [-0.2, -0.15) is 0 Å². The summed E-state index contributed by atoms with van der Waals surface area (Å²) in [6, 6.07) is 15.5. The first-order valence-corrected chi connectivity index (χ1v) is 6.64. The normalized spacial score (nSPS) is 9.27. The molecule has 22 heavy (non-hydrogen) atoms. The van der Waals surface area contributed by atoms with Crippen molar-refractivity contribution in [2.45, 2.75) is 0 Å². The first kappa shape index (κ1) is 15.1. The van der Waals surface area contributed by atoms with Crippen LogP contribution in [0.25, 0.3) is 0 Å². The van der Waals surface area contributed by atoms with Gasteiger partial charge in [0, 0.05) is 16.8 Å². The van der Waals surface area contributed by atoms with Crippen LogP contribution in [-0.4, -0.2) is 18.5 Å². The molecule has 0 radical (unpaired) electrons. The van der Waals surface area contributed by atoms with E-state index in [1.807, 2.05) is 18.2 Å². The number of carbonyl (C=O) groups is 2. The maximum Gasteiger partial charge on any atom is 0.319 e. The third-order valence-electron chi connectivity index (χ3n) is 2.77. The Bertz CT molecular complexity index is 713. The SMILES string of the molecule is NC(=O)c1ccc(C#CCNC(=O)Nc2ccccc2)cc1. The number of nitrogens with two attached hydrogens (primary N) is 1. The lowest BCUT2D eigenvalue weighted by molar-refractivity contribution is 0.100. The van der Waals surface area contributed by atoms with Gasteiger partial charge in [0.2, 0.25) is 5.91 Å². The van der Waals surface area contributed by atoms with Gasteiger partial charge in [0.1, 0.15) is 0 Å². The van der Waals surface area contributed by atoms with Gasteiger partial charge in [0.15, 0.2) is 0 Å². The van der Waals surface area contributed by atoms with Gasteiger partial charge in [-0.3, -0.25) is 4.79 Å². The highest BCUT2D eigenvalue weighted by Crippen LogP contribution is 2.04. The molecule has 0 aliphatic heterocycles. The lowest BCUT2D eigenvalue weighted by atomic mass is 10.1. The fraction of sp³-hybridized carbons (Fsp3) is 0.0588. The number of anilines is 1. The Morgan fingerprint density at radius 1 is 1.00 bits per heavy atom. The molecule has 0 aromatic heterocycles. The zero-order chi connectivity index (χ0) is 15.8. The number of nitrogens with one attached hydrogen (secondary N) is 2. The van der Waals surface area contributed by atoms with Gasteiger partial charge in [0.25, 0.3) is 0 Å². The van der Waals surface area contributed by atoms with Crippen molar-refractivity contribution in [1.82, 2.24) is 5.32 Å². The summed E-state index contributed by atoms with van der Waals surface area (Å²) in [6.07, 6.45) is 0. The summed E-state index contributed by atoms with van der Waals surface area (Å²) in [7, 11) is 0. The summed E-state index contributed by atoms with van der Waals surface area (Å²) in [6.45, 7) is 0.218. The Morgan fingerprint density at radius 3 is 2.32 bits per heavy atom. The number of hydrogen-bond acceptors (Lipinski definition) is 2. The molecule has 0 saturated heterocycles. The van der Waals surface area contributed by atoms with Gasteiger partial charge < -0.3 is 16.4 Å². The highest BCUT2D eigenvalue weighted by atomic mass is 16.2. The maximum atomic E-state index is 11.6. The van der Waals surface area contributed by atoms with Crippen LogP contribution in [0.5, 0.6) is 0 Å². The highest BCUT2D eigenvalue weighted by Gasteiger charge is 1.99. The van der Waals surface area contributed by atoms with E-state index in [-0.39, 0.29) is 12.6 Å². The average Bonchev–Trinajstić information content (AvgIpc) is 2.53. The van der Waals surface area contributed by atoms with Crippen LogP contribution in [-0.2, 0) is 0 Å². The van der Waals surface area contributed by atoms with E-state index in [0.717, 1.165) is 11.3 Å². The predicted molar refractivity (Wildman–Crippen MR) is 85.3 cm³/mol. The van der Waals surface area contributed by atoms with Crippen LogP contribution in [0.4, 0.5) is 10.5 Å². The van der Waals surface area contributed by atoms with Crippen molar-refractivity contribution in [2.75, 3.05) is 11.9 Å². The molecule has 2 aromatic rings. The predicted octanol–water partition coefficient (Wildman–Crippen LogP) is 1.96. The average molecular weight is 293 g/mol. The molecule has 0 bridgehead atoms. The Balaban J connectivity index is 1.81.